The molecular weight excluding hydrogens is 454 g/mol. The predicted octanol–water partition coefficient (Wildman–Crippen LogP) is 2.00. The first-order valence-electron chi connectivity index (χ1n) is 11.7. The summed E-state index contributed by atoms with van der Waals surface area (Å²) in [5.41, 5.74) is 3.72. The van der Waals surface area contributed by atoms with Gasteiger partial charge in [0.15, 0.2) is 0 Å². The minimum absolute atomic E-state index is 0.00909. The van der Waals surface area contributed by atoms with Crippen molar-refractivity contribution in [1.29, 1.82) is 0 Å². The van der Waals surface area contributed by atoms with E-state index < -0.39 is 10.0 Å². The number of methoxy groups -OCH3 is 1. The third-order valence-electron chi connectivity index (χ3n) is 6.99. The lowest BCUT2D eigenvalue weighted by Crippen LogP contribution is -2.51. The number of anilines is 1. The number of hydrogen-bond acceptors (Lipinski definition) is 5. The van der Waals surface area contributed by atoms with Gasteiger partial charge in [0.1, 0.15) is 5.75 Å². The van der Waals surface area contributed by atoms with Crippen LogP contribution >= 0.6 is 0 Å². The number of ether oxygens (including phenoxy) is 1. The number of sulfonamides is 1. The minimum Gasteiger partial charge on any atom is -0.497 e. The fourth-order valence-electron chi connectivity index (χ4n) is 5.13. The summed E-state index contributed by atoms with van der Waals surface area (Å²) in [5, 5.41) is 0. The van der Waals surface area contributed by atoms with Gasteiger partial charge in [-0.25, -0.2) is 8.42 Å². The van der Waals surface area contributed by atoms with Gasteiger partial charge in [-0.15, -0.1) is 0 Å². The van der Waals surface area contributed by atoms with E-state index in [1.165, 1.54) is 4.31 Å². The Morgan fingerprint density at radius 3 is 2.29 bits per heavy atom. The highest BCUT2D eigenvalue weighted by Gasteiger charge is 2.34. The van der Waals surface area contributed by atoms with E-state index >= 15 is 0 Å². The monoisotopic (exact) mass is 483 g/mol. The van der Waals surface area contributed by atoms with Gasteiger partial charge < -0.3 is 14.5 Å². The molecule has 3 aliphatic heterocycles. The molecule has 0 N–H and O–H groups in total. The lowest BCUT2D eigenvalue weighted by Gasteiger charge is -2.37. The third-order valence-corrected chi connectivity index (χ3v) is 8.87. The van der Waals surface area contributed by atoms with Gasteiger partial charge in [-0.05, 0) is 60.2 Å². The first-order chi connectivity index (χ1) is 16.4. The van der Waals surface area contributed by atoms with E-state index in [-0.39, 0.29) is 31.3 Å². The highest BCUT2D eigenvalue weighted by molar-refractivity contribution is 7.89. The van der Waals surface area contributed by atoms with E-state index in [1.807, 2.05) is 29.2 Å². The van der Waals surface area contributed by atoms with Crippen molar-refractivity contribution < 1.29 is 22.7 Å². The molecule has 3 heterocycles. The Bertz CT molecular complexity index is 1200. The maximum absolute atomic E-state index is 13.5. The fourth-order valence-corrected chi connectivity index (χ4v) is 6.65. The summed E-state index contributed by atoms with van der Waals surface area (Å²) in [4.78, 5) is 28.9. The van der Waals surface area contributed by atoms with Crippen LogP contribution in [0.2, 0.25) is 0 Å². The average Bonchev–Trinajstić information content (AvgIpc) is 2.86. The zero-order chi connectivity index (χ0) is 23.9. The Balaban J connectivity index is 1.27. The van der Waals surface area contributed by atoms with E-state index in [0.29, 0.717) is 37.4 Å². The topological polar surface area (TPSA) is 87.2 Å². The minimum atomic E-state index is -3.67. The van der Waals surface area contributed by atoms with Crippen LogP contribution in [0.3, 0.4) is 0 Å². The van der Waals surface area contributed by atoms with Gasteiger partial charge >= 0.3 is 0 Å². The van der Waals surface area contributed by atoms with E-state index in [0.717, 1.165) is 41.0 Å². The third kappa shape index (κ3) is 4.18. The van der Waals surface area contributed by atoms with E-state index in [2.05, 4.69) is 0 Å². The maximum Gasteiger partial charge on any atom is 0.243 e. The molecule has 2 aromatic carbocycles. The van der Waals surface area contributed by atoms with Crippen LogP contribution in [0.25, 0.3) is 0 Å². The molecule has 0 saturated carbocycles. The number of rotatable bonds is 5. The van der Waals surface area contributed by atoms with Crippen molar-refractivity contribution in [3.63, 3.8) is 0 Å². The molecule has 1 fully saturated rings. The molecule has 1 saturated heterocycles. The zero-order valence-electron chi connectivity index (χ0n) is 19.3. The summed E-state index contributed by atoms with van der Waals surface area (Å²) in [6.45, 7) is 1.99. The lowest BCUT2D eigenvalue weighted by molar-refractivity contribution is -0.131. The van der Waals surface area contributed by atoms with Crippen molar-refractivity contribution in [2.75, 3.05) is 44.7 Å². The molecule has 0 aromatic heterocycles. The number of carbonyl (C=O) groups excluding carboxylic acids is 2. The molecule has 180 valence electrons. The van der Waals surface area contributed by atoms with Crippen LogP contribution in [0.15, 0.2) is 41.3 Å². The molecule has 0 bridgehead atoms. The van der Waals surface area contributed by atoms with E-state index in [4.69, 9.17) is 4.74 Å². The second kappa shape index (κ2) is 9.03. The van der Waals surface area contributed by atoms with Crippen LogP contribution in [0.5, 0.6) is 5.75 Å². The molecule has 0 radical (unpaired) electrons. The smallest absolute Gasteiger partial charge is 0.243 e. The summed E-state index contributed by atoms with van der Waals surface area (Å²) in [6.07, 6.45) is 2.90. The van der Waals surface area contributed by atoms with Crippen LogP contribution in [-0.2, 0) is 38.9 Å². The lowest BCUT2D eigenvalue weighted by atomic mass is 9.92. The van der Waals surface area contributed by atoms with Gasteiger partial charge in [-0.2, -0.15) is 4.31 Å². The van der Waals surface area contributed by atoms with Gasteiger partial charge in [0, 0.05) is 39.1 Å². The van der Waals surface area contributed by atoms with Crippen molar-refractivity contribution in [2.45, 2.75) is 37.0 Å². The van der Waals surface area contributed by atoms with Crippen molar-refractivity contribution in [3.05, 3.63) is 53.1 Å². The van der Waals surface area contributed by atoms with Crippen LogP contribution in [0.1, 0.15) is 29.5 Å². The number of piperazine rings is 1. The van der Waals surface area contributed by atoms with Crippen LogP contribution in [0.4, 0.5) is 5.69 Å². The van der Waals surface area contributed by atoms with Crippen LogP contribution < -0.4 is 9.64 Å². The van der Waals surface area contributed by atoms with Crippen molar-refractivity contribution >= 4 is 27.5 Å². The molecule has 0 atom stereocenters. The Hall–Kier alpha value is -2.91. The number of benzene rings is 2. The molecule has 0 aliphatic carbocycles. The number of hydrogen-bond donors (Lipinski definition) is 0. The quantitative estimate of drug-likeness (QED) is 0.649. The number of carbonyl (C=O) groups is 2. The molecule has 2 amide bonds. The molecule has 0 unspecified atom stereocenters. The first kappa shape index (κ1) is 22.9. The molecule has 8 nitrogen and oxygen atoms in total. The second-order valence-electron chi connectivity index (χ2n) is 9.05. The fraction of sp³-hybridized carbons (Fsp3) is 0.440. The maximum atomic E-state index is 13.5. The van der Waals surface area contributed by atoms with Gasteiger partial charge in [-0.3, -0.25) is 9.59 Å². The molecule has 5 rings (SSSR count). The Morgan fingerprint density at radius 2 is 1.62 bits per heavy atom. The Morgan fingerprint density at radius 1 is 0.941 bits per heavy atom. The van der Waals surface area contributed by atoms with Gasteiger partial charge in [0.05, 0.1) is 24.1 Å². The average molecular weight is 484 g/mol. The zero-order valence-corrected chi connectivity index (χ0v) is 20.1. The highest BCUT2D eigenvalue weighted by atomic mass is 32.2. The van der Waals surface area contributed by atoms with Gasteiger partial charge in [-0.1, -0.05) is 12.1 Å². The SMILES string of the molecule is COc1ccc(CC(=O)N2CCN(S(=O)(=O)c3cc4c5c(c3)CCC(=O)N5CCC4)CC2)cc1. The first-order valence-corrected chi connectivity index (χ1v) is 13.2. The predicted molar refractivity (Wildman–Crippen MR) is 127 cm³/mol. The standard InChI is InChI=1S/C25H29N3O5S/c1-33-21-7-4-18(5-8-21)15-24(30)26-11-13-27(14-12-26)34(31,32)22-16-19-3-2-10-28-23(29)9-6-20(17-22)25(19)28/h4-5,7-8,16-17H,2-3,6,9-15H2,1H3. The molecule has 34 heavy (non-hydrogen) atoms. The van der Waals surface area contributed by atoms with Gasteiger partial charge in [0.25, 0.3) is 0 Å². The number of aryl methyl sites for hydroxylation is 2. The number of amides is 2. The highest BCUT2D eigenvalue weighted by Crippen LogP contribution is 2.38. The Labute approximate surface area is 200 Å². The normalized spacial score (nSPS) is 18.6. The summed E-state index contributed by atoms with van der Waals surface area (Å²) in [5.74, 6) is 0.857. The summed E-state index contributed by atoms with van der Waals surface area (Å²) < 4.78 is 33.6. The largest absolute Gasteiger partial charge is 0.497 e. The molecule has 3 aliphatic rings. The molecule has 0 spiro atoms. The van der Waals surface area contributed by atoms with Gasteiger partial charge in [0.2, 0.25) is 21.8 Å². The van der Waals surface area contributed by atoms with Crippen LogP contribution in [0, 0.1) is 0 Å². The second-order valence-corrected chi connectivity index (χ2v) is 11.0. The molecule has 9 heteroatoms. The number of nitrogens with zero attached hydrogens (tertiary/aromatic N) is 3. The van der Waals surface area contributed by atoms with Crippen LogP contribution in [-0.4, -0.2) is 69.3 Å². The van der Waals surface area contributed by atoms with E-state index in [1.54, 1.807) is 24.1 Å². The van der Waals surface area contributed by atoms with Crippen molar-refractivity contribution in [3.8, 4) is 5.75 Å². The van der Waals surface area contributed by atoms with E-state index in [9.17, 15) is 18.0 Å². The summed E-state index contributed by atoms with van der Waals surface area (Å²) in [6, 6.07) is 10.9. The summed E-state index contributed by atoms with van der Waals surface area (Å²) in [7, 11) is -2.07. The van der Waals surface area contributed by atoms with Crippen molar-refractivity contribution in [2.24, 2.45) is 0 Å². The van der Waals surface area contributed by atoms with Crippen molar-refractivity contribution in [1.82, 2.24) is 9.21 Å². The summed E-state index contributed by atoms with van der Waals surface area (Å²) >= 11 is 0. The Kier molecular flexibility index (Phi) is 6.07. The molecular formula is C25H29N3O5S. The molecule has 2 aromatic rings.